The summed E-state index contributed by atoms with van der Waals surface area (Å²) in [6.45, 7) is 2.43. The summed E-state index contributed by atoms with van der Waals surface area (Å²) >= 11 is 9.05. The second kappa shape index (κ2) is 6.97. The van der Waals surface area contributed by atoms with Crippen molar-refractivity contribution in [2.45, 2.75) is 25.1 Å². The summed E-state index contributed by atoms with van der Waals surface area (Å²) in [4.78, 5) is 11.6. The lowest BCUT2D eigenvalue weighted by atomic mass is 10.2. The Labute approximate surface area is 114 Å². The van der Waals surface area contributed by atoms with Crippen molar-refractivity contribution < 1.29 is 9.18 Å². The average molecular weight is 323 g/mol. The predicted molar refractivity (Wildman–Crippen MR) is 71.0 cm³/mol. The van der Waals surface area contributed by atoms with Gasteiger partial charge in [0.25, 0.3) is 5.91 Å². The van der Waals surface area contributed by atoms with Gasteiger partial charge in [0.15, 0.2) is 0 Å². The number of nitrogens with one attached hydrogen (secondary N) is 1. The fourth-order valence-corrected chi connectivity index (χ4v) is 1.76. The maximum absolute atomic E-state index is 13.4. The van der Waals surface area contributed by atoms with Gasteiger partial charge in [0.05, 0.1) is 5.56 Å². The van der Waals surface area contributed by atoms with E-state index in [9.17, 15) is 9.18 Å². The van der Waals surface area contributed by atoms with Crippen molar-refractivity contribution in [1.82, 2.24) is 5.32 Å². The van der Waals surface area contributed by atoms with Crippen LogP contribution in [0.4, 0.5) is 4.39 Å². The van der Waals surface area contributed by atoms with E-state index < -0.39 is 11.7 Å². The lowest BCUT2D eigenvalue weighted by Crippen LogP contribution is -2.26. The van der Waals surface area contributed by atoms with Gasteiger partial charge in [0.1, 0.15) is 5.82 Å². The maximum atomic E-state index is 13.4. The van der Waals surface area contributed by atoms with Crippen molar-refractivity contribution in [3.05, 3.63) is 34.1 Å². The number of carbonyl (C=O) groups excluding carboxylic acids is 1. The molecule has 5 heteroatoms. The molecular formula is C12H14BrClFNO. The van der Waals surface area contributed by atoms with Crippen molar-refractivity contribution in [3.63, 3.8) is 0 Å². The van der Waals surface area contributed by atoms with Crippen molar-refractivity contribution in [2.75, 3.05) is 6.54 Å². The van der Waals surface area contributed by atoms with Crippen LogP contribution in [0.1, 0.15) is 30.1 Å². The van der Waals surface area contributed by atoms with Crippen LogP contribution in [0.2, 0.25) is 0 Å². The molecule has 1 aromatic rings. The van der Waals surface area contributed by atoms with E-state index in [0.29, 0.717) is 17.4 Å². The van der Waals surface area contributed by atoms with Gasteiger partial charge in [-0.15, -0.1) is 11.6 Å². The first-order chi connectivity index (χ1) is 8.04. The first-order valence-electron chi connectivity index (χ1n) is 5.42. The average Bonchev–Trinajstić information content (AvgIpc) is 2.28. The lowest BCUT2D eigenvalue weighted by molar-refractivity contribution is 0.0949. The number of rotatable bonds is 5. The summed E-state index contributed by atoms with van der Waals surface area (Å²) in [5, 5.41) is 2.69. The molecule has 0 aliphatic carbocycles. The van der Waals surface area contributed by atoms with Gasteiger partial charge >= 0.3 is 0 Å². The highest BCUT2D eigenvalue weighted by atomic mass is 79.9. The van der Waals surface area contributed by atoms with E-state index in [-0.39, 0.29) is 10.9 Å². The summed E-state index contributed by atoms with van der Waals surface area (Å²) in [5.41, 5.74) is 0.0517. The predicted octanol–water partition coefficient (Wildman–Crippen LogP) is 3.73. The topological polar surface area (TPSA) is 29.1 Å². The second-order valence-corrected chi connectivity index (χ2v) is 5.21. The van der Waals surface area contributed by atoms with E-state index in [0.717, 1.165) is 6.42 Å². The van der Waals surface area contributed by atoms with Crippen LogP contribution in [0.15, 0.2) is 22.7 Å². The van der Waals surface area contributed by atoms with E-state index in [2.05, 4.69) is 21.2 Å². The molecule has 1 atom stereocenters. The molecule has 0 bridgehead atoms. The van der Waals surface area contributed by atoms with Gasteiger partial charge in [-0.1, -0.05) is 22.9 Å². The fraction of sp³-hybridized carbons (Fsp3) is 0.417. The third kappa shape index (κ3) is 4.64. The fourth-order valence-electron chi connectivity index (χ4n) is 1.32. The Morgan fingerprint density at radius 2 is 2.29 bits per heavy atom. The molecule has 2 nitrogen and oxygen atoms in total. The second-order valence-electron chi connectivity index (χ2n) is 3.67. The Morgan fingerprint density at radius 3 is 2.88 bits per heavy atom. The van der Waals surface area contributed by atoms with Gasteiger partial charge in [-0.3, -0.25) is 4.79 Å². The van der Waals surface area contributed by atoms with Gasteiger partial charge in [0, 0.05) is 16.4 Å². The number of halogens is 3. The molecule has 0 radical (unpaired) electrons. The van der Waals surface area contributed by atoms with E-state index >= 15 is 0 Å². The number of benzene rings is 1. The number of amides is 1. The maximum Gasteiger partial charge on any atom is 0.254 e. The minimum absolute atomic E-state index is 0.0464. The first kappa shape index (κ1) is 14.5. The zero-order valence-corrected chi connectivity index (χ0v) is 11.8. The highest BCUT2D eigenvalue weighted by Crippen LogP contribution is 2.15. The van der Waals surface area contributed by atoms with E-state index in [1.54, 1.807) is 6.07 Å². The summed E-state index contributed by atoms with van der Waals surface area (Å²) in [7, 11) is 0. The van der Waals surface area contributed by atoms with Crippen LogP contribution in [-0.2, 0) is 0 Å². The Balaban J connectivity index is 2.52. The number of alkyl halides is 1. The Hall–Kier alpha value is -0.610. The molecule has 0 fully saturated rings. The molecule has 0 aliphatic rings. The monoisotopic (exact) mass is 321 g/mol. The van der Waals surface area contributed by atoms with E-state index in [4.69, 9.17) is 11.6 Å². The molecule has 0 saturated heterocycles. The SMILES string of the molecule is CCC(Cl)CCNC(=O)c1ccc(Br)cc1F. The lowest BCUT2D eigenvalue weighted by Gasteiger charge is -2.08. The first-order valence-corrected chi connectivity index (χ1v) is 6.64. The highest BCUT2D eigenvalue weighted by molar-refractivity contribution is 9.10. The van der Waals surface area contributed by atoms with Gasteiger partial charge < -0.3 is 5.32 Å². The molecule has 0 spiro atoms. The van der Waals surface area contributed by atoms with Crippen LogP contribution in [-0.4, -0.2) is 17.8 Å². The largest absolute Gasteiger partial charge is 0.352 e. The molecule has 1 aromatic carbocycles. The van der Waals surface area contributed by atoms with Crippen molar-refractivity contribution in [1.29, 1.82) is 0 Å². The molecule has 0 saturated carbocycles. The normalized spacial score (nSPS) is 12.2. The minimum atomic E-state index is -0.533. The van der Waals surface area contributed by atoms with Crippen molar-refractivity contribution in [2.24, 2.45) is 0 Å². The van der Waals surface area contributed by atoms with Crippen LogP contribution in [0.25, 0.3) is 0 Å². The Morgan fingerprint density at radius 1 is 1.59 bits per heavy atom. The van der Waals surface area contributed by atoms with Crippen LogP contribution >= 0.6 is 27.5 Å². The quantitative estimate of drug-likeness (QED) is 0.822. The van der Waals surface area contributed by atoms with Gasteiger partial charge in [-0.2, -0.15) is 0 Å². The van der Waals surface area contributed by atoms with E-state index in [1.165, 1.54) is 12.1 Å². The molecule has 17 heavy (non-hydrogen) atoms. The zero-order valence-electron chi connectivity index (χ0n) is 9.47. The Kier molecular flexibility index (Phi) is 5.92. The molecule has 1 rings (SSSR count). The number of hydrogen-bond acceptors (Lipinski definition) is 1. The third-order valence-corrected chi connectivity index (χ3v) is 3.38. The number of carbonyl (C=O) groups is 1. The van der Waals surface area contributed by atoms with Gasteiger partial charge in [-0.05, 0) is 31.0 Å². The molecule has 94 valence electrons. The standard InChI is InChI=1S/C12H14BrClFNO/c1-2-9(14)5-6-16-12(17)10-4-3-8(13)7-11(10)15/h3-4,7,9H,2,5-6H2,1H3,(H,16,17). The minimum Gasteiger partial charge on any atom is -0.352 e. The summed E-state index contributed by atoms with van der Waals surface area (Å²) in [6, 6.07) is 4.35. The van der Waals surface area contributed by atoms with Crippen molar-refractivity contribution >= 4 is 33.4 Å². The summed E-state index contributed by atoms with van der Waals surface area (Å²) in [5.74, 6) is -0.940. The third-order valence-electron chi connectivity index (χ3n) is 2.36. The van der Waals surface area contributed by atoms with Crippen molar-refractivity contribution in [3.8, 4) is 0 Å². The molecule has 0 aliphatic heterocycles. The summed E-state index contributed by atoms with van der Waals surface area (Å²) < 4.78 is 14.0. The smallest absolute Gasteiger partial charge is 0.254 e. The van der Waals surface area contributed by atoms with E-state index in [1.807, 2.05) is 6.92 Å². The molecule has 1 unspecified atom stereocenters. The van der Waals surface area contributed by atoms with Crippen LogP contribution in [0.3, 0.4) is 0 Å². The highest BCUT2D eigenvalue weighted by Gasteiger charge is 2.11. The Bertz CT molecular complexity index is 400. The number of hydrogen-bond donors (Lipinski definition) is 1. The zero-order chi connectivity index (χ0) is 12.8. The molecule has 1 N–H and O–H groups in total. The summed E-state index contributed by atoms with van der Waals surface area (Å²) in [6.07, 6.45) is 1.53. The van der Waals surface area contributed by atoms with Crippen LogP contribution in [0.5, 0.6) is 0 Å². The molecule has 0 heterocycles. The molecule has 1 amide bonds. The van der Waals surface area contributed by atoms with Crippen LogP contribution < -0.4 is 5.32 Å². The van der Waals surface area contributed by atoms with Gasteiger partial charge in [-0.25, -0.2) is 4.39 Å². The molecule has 0 aromatic heterocycles. The molecular weight excluding hydrogens is 308 g/mol. The van der Waals surface area contributed by atoms with Crippen LogP contribution in [0, 0.1) is 5.82 Å². The van der Waals surface area contributed by atoms with Gasteiger partial charge in [0.2, 0.25) is 0 Å².